The topological polar surface area (TPSA) is 70.0 Å². The summed E-state index contributed by atoms with van der Waals surface area (Å²) in [4.78, 5) is 16.9. The van der Waals surface area contributed by atoms with Gasteiger partial charge in [-0.1, -0.05) is 62.4 Å². The van der Waals surface area contributed by atoms with Gasteiger partial charge in [0.15, 0.2) is 11.4 Å². The molecule has 6 rings (SSSR count). The van der Waals surface area contributed by atoms with Crippen LogP contribution in [0.25, 0.3) is 0 Å². The molecule has 5 heteroatoms. The van der Waals surface area contributed by atoms with Crippen molar-refractivity contribution >= 4 is 5.78 Å². The molecule has 1 unspecified atom stereocenters. The summed E-state index contributed by atoms with van der Waals surface area (Å²) in [5.41, 5.74) is 0.245. The number of rotatable bonds is 5. The van der Waals surface area contributed by atoms with Crippen LogP contribution >= 0.6 is 0 Å². The Bertz CT molecular complexity index is 1120. The Balaban J connectivity index is 1.52. The highest BCUT2D eigenvalue weighted by Crippen LogP contribution is 2.66. The van der Waals surface area contributed by atoms with Crippen molar-refractivity contribution in [2.45, 2.75) is 75.2 Å². The monoisotopic (exact) mass is 461 g/mol. The Kier molecular flexibility index (Phi) is 4.84. The molecule has 0 amide bonds. The molecule has 1 spiro atoms. The van der Waals surface area contributed by atoms with Crippen molar-refractivity contribution in [3.8, 4) is 0 Å². The Labute approximate surface area is 201 Å². The smallest absolute Gasteiger partial charge is 0.184 e. The zero-order chi connectivity index (χ0) is 23.9. The third-order valence-corrected chi connectivity index (χ3v) is 9.84. The van der Waals surface area contributed by atoms with Crippen LogP contribution in [0, 0.1) is 11.3 Å². The van der Waals surface area contributed by atoms with E-state index in [2.05, 4.69) is 24.1 Å². The highest BCUT2D eigenvalue weighted by molar-refractivity contribution is 6.00. The van der Waals surface area contributed by atoms with Crippen LogP contribution in [0.5, 0.6) is 0 Å². The Hall–Kier alpha value is -2.21. The van der Waals surface area contributed by atoms with E-state index in [1.54, 1.807) is 0 Å². The van der Waals surface area contributed by atoms with Crippen molar-refractivity contribution in [3.63, 3.8) is 0 Å². The van der Waals surface area contributed by atoms with Crippen LogP contribution in [0.3, 0.4) is 0 Å². The molecule has 2 fully saturated rings. The van der Waals surface area contributed by atoms with E-state index in [0.717, 1.165) is 30.5 Å². The molecule has 1 saturated carbocycles. The molecular weight excluding hydrogens is 426 g/mol. The second-order valence-corrected chi connectivity index (χ2v) is 11.0. The lowest BCUT2D eigenvalue weighted by molar-refractivity contribution is -0.147. The van der Waals surface area contributed by atoms with Crippen molar-refractivity contribution in [1.29, 1.82) is 0 Å². The molecule has 2 aliphatic heterocycles. The molecule has 1 aromatic rings. The van der Waals surface area contributed by atoms with Crippen LogP contribution in [-0.4, -0.2) is 58.3 Å². The maximum atomic E-state index is 14.5. The maximum Gasteiger partial charge on any atom is 0.184 e. The van der Waals surface area contributed by atoms with Crippen molar-refractivity contribution in [1.82, 2.24) is 4.90 Å². The summed E-state index contributed by atoms with van der Waals surface area (Å²) in [6.45, 7) is 4.97. The normalized spacial score (nSPS) is 38.3. The molecule has 5 aliphatic rings. The van der Waals surface area contributed by atoms with Crippen LogP contribution < -0.4 is 0 Å². The van der Waals surface area contributed by atoms with E-state index in [4.69, 9.17) is 4.74 Å². The quantitative estimate of drug-likeness (QED) is 0.655. The standard InChI is InChI=1S/C29H35NO4/c1-4-27(5-2,19-9-7-6-8-10-19)26(32)29(33)14-13-18-17-21-20-11-12-22(31)24-28(20,15-16-30(21)3)23(18)25(29)34-24/h6-13,20-22,24,31,33H,4-5,14-17H2,1-3H3/t20-,21+,22-,24-,28-,29?/m0/s1. The molecule has 2 N–H and O–H groups in total. The van der Waals surface area contributed by atoms with Gasteiger partial charge in [-0.25, -0.2) is 0 Å². The number of benzene rings is 1. The number of aliphatic hydroxyl groups excluding tert-OH is 1. The average Bonchev–Trinajstić information content (AvgIpc) is 3.22. The van der Waals surface area contributed by atoms with Gasteiger partial charge >= 0.3 is 0 Å². The minimum atomic E-state index is -1.73. The number of hydrogen-bond donors (Lipinski definition) is 2. The number of carbonyl (C=O) groups is 1. The SMILES string of the molecule is CCC(CC)(C(=O)C1(O)CC=C2C[C@@H]3[C@@H]4C=C[C@H](O)[C@@H]5OC1=C2[C@]45CCN3C)c1ccccc1. The number of ether oxygens (including phenoxy) is 1. The molecule has 0 radical (unpaired) electrons. The molecule has 34 heavy (non-hydrogen) atoms. The highest BCUT2D eigenvalue weighted by atomic mass is 16.5. The summed E-state index contributed by atoms with van der Waals surface area (Å²) in [5, 5.41) is 23.3. The van der Waals surface area contributed by atoms with Crippen LogP contribution in [-0.2, 0) is 14.9 Å². The molecule has 2 bridgehead atoms. The van der Waals surface area contributed by atoms with Gasteiger partial charge in [0.2, 0.25) is 0 Å². The first-order valence-corrected chi connectivity index (χ1v) is 12.8. The molecule has 0 aromatic heterocycles. The molecule has 5 nitrogen and oxygen atoms in total. The van der Waals surface area contributed by atoms with Crippen molar-refractivity contribution < 1.29 is 19.7 Å². The van der Waals surface area contributed by atoms with Gasteiger partial charge in [0.05, 0.1) is 5.41 Å². The van der Waals surface area contributed by atoms with E-state index in [1.165, 1.54) is 5.57 Å². The van der Waals surface area contributed by atoms with E-state index in [0.29, 0.717) is 24.6 Å². The van der Waals surface area contributed by atoms with Crippen LogP contribution in [0.4, 0.5) is 0 Å². The third-order valence-electron chi connectivity index (χ3n) is 9.84. The molecule has 1 aromatic carbocycles. The minimum absolute atomic E-state index is 0.182. The minimum Gasteiger partial charge on any atom is -0.487 e. The molecule has 6 atom stereocenters. The van der Waals surface area contributed by atoms with Gasteiger partial charge < -0.3 is 19.8 Å². The first-order chi connectivity index (χ1) is 16.3. The largest absolute Gasteiger partial charge is 0.487 e. The average molecular weight is 462 g/mol. The van der Waals surface area contributed by atoms with Gasteiger partial charge in [0.25, 0.3) is 0 Å². The first kappa shape index (κ1) is 22.3. The van der Waals surface area contributed by atoms with Gasteiger partial charge in [-0.15, -0.1) is 0 Å². The zero-order valence-corrected chi connectivity index (χ0v) is 20.3. The summed E-state index contributed by atoms with van der Waals surface area (Å²) in [7, 11) is 2.18. The Morgan fingerprint density at radius 3 is 2.65 bits per heavy atom. The van der Waals surface area contributed by atoms with Crippen molar-refractivity contribution in [3.05, 3.63) is 71.0 Å². The fourth-order valence-electron chi connectivity index (χ4n) is 7.96. The zero-order valence-electron chi connectivity index (χ0n) is 20.3. The van der Waals surface area contributed by atoms with E-state index in [1.807, 2.05) is 50.3 Å². The second-order valence-electron chi connectivity index (χ2n) is 11.0. The third kappa shape index (κ3) is 2.53. The molecule has 1 saturated heterocycles. The molecule has 2 heterocycles. The van der Waals surface area contributed by atoms with Gasteiger partial charge in [-0.3, -0.25) is 4.79 Å². The Morgan fingerprint density at radius 1 is 1.21 bits per heavy atom. The summed E-state index contributed by atoms with van der Waals surface area (Å²) < 4.78 is 6.58. The van der Waals surface area contributed by atoms with E-state index < -0.39 is 23.2 Å². The van der Waals surface area contributed by atoms with Crippen LogP contribution in [0.2, 0.25) is 0 Å². The van der Waals surface area contributed by atoms with Gasteiger partial charge in [0, 0.05) is 29.4 Å². The van der Waals surface area contributed by atoms with E-state index >= 15 is 0 Å². The van der Waals surface area contributed by atoms with Gasteiger partial charge in [0.1, 0.15) is 18.0 Å². The lowest BCUT2D eigenvalue weighted by atomic mass is 9.50. The van der Waals surface area contributed by atoms with E-state index in [9.17, 15) is 15.0 Å². The lowest BCUT2D eigenvalue weighted by Crippen LogP contribution is -2.62. The fourth-order valence-corrected chi connectivity index (χ4v) is 7.96. The molecular formula is C29H35NO4. The summed E-state index contributed by atoms with van der Waals surface area (Å²) in [6, 6.07) is 10.2. The number of aliphatic hydroxyl groups is 2. The summed E-state index contributed by atoms with van der Waals surface area (Å²) >= 11 is 0. The van der Waals surface area contributed by atoms with Gasteiger partial charge in [-0.05, 0) is 50.4 Å². The number of likely N-dealkylation sites (tertiary alicyclic amines) is 1. The lowest BCUT2D eigenvalue weighted by Gasteiger charge is -2.58. The predicted octanol–water partition coefficient (Wildman–Crippen LogP) is 3.67. The van der Waals surface area contributed by atoms with Crippen LogP contribution in [0.15, 0.2) is 65.5 Å². The number of carbonyl (C=O) groups excluding carboxylic acids is 1. The first-order valence-electron chi connectivity index (χ1n) is 12.8. The molecule has 3 aliphatic carbocycles. The van der Waals surface area contributed by atoms with Crippen LogP contribution in [0.1, 0.15) is 51.5 Å². The van der Waals surface area contributed by atoms with Gasteiger partial charge in [-0.2, -0.15) is 0 Å². The number of piperidine rings is 1. The summed E-state index contributed by atoms with van der Waals surface area (Å²) in [6.07, 6.45) is 8.07. The number of ketones is 1. The predicted molar refractivity (Wildman–Crippen MR) is 130 cm³/mol. The van der Waals surface area contributed by atoms with Crippen molar-refractivity contribution in [2.75, 3.05) is 13.6 Å². The summed E-state index contributed by atoms with van der Waals surface area (Å²) in [5.74, 6) is 0.453. The number of hydrogen-bond acceptors (Lipinski definition) is 5. The number of Topliss-reactive ketones (excluding diaryl/α,β-unsaturated/α-hetero) is 1. The highest BCUT2D eigenvalue weighted by Gasteiger charge is 2.69. The fraction of sp³-hybridized carbons (Fsp3) is 0.552. The number of nitrogens with zero attached hydrogens (tertiary/aromatic N) is 1. The molecule has 180 valence electrons. The maximum absolute atomic E-state index is 14.5. The van der Waals surface area contributed by atoms with E-state index in [-0.39, 0.29) is 23.5 Å². The second kappa shape index (κ2) is 7.39. The Morgan fingerprint density at radius 2 is 1.94 bits per heavy atom. The van der Waals surface area contributed by atoms with Crippen molar-refractivity contribution in [2.24, 2.45) is 11.3 Å².